The molecule has 346 valence electrons. The number of fused-ring (bicyclic) bond motifs is 12. The Morgan fingerprint density at radius 3 is 2.00 bits per heavy atom. The number of ketones is 4. The number of rotatable bonds is 5. The Hall–Kier alpha value is -3.34. The summed E-state index contributed by atoms with van der Waals surface area (Å²) in [5.41, 5.74) is -11.6. The summed E-state index contributed by atoms with van der Waals surface area (Å²) in [4.78, 5) is 61.5. The summed E-state index contributed by atoms with van der Waals surface area (Å²) in [5.74, 6) is -6.35. The predicted molar refractivity (Wildman–Crippen MR) is 218 cm³/mol. The van der Waals surface area contributed by atoms with Crippen molar-refractivity contribution in [2.75, 3.05) is 13.2 Å². The number of carbonyl (C=O) groups excluding carboxylic acids is 5. The molecule has 15 heteroatoms. The molecule has 0 bridgehead atoms. The Bertz CT molecular complexity index is 2170. The fraction of sp³-hybridized carbons (Fsp3) is 0.729. The van der Waals surface area contributed by atoms with Crippen LogP contribution < -0.4 is 0 Å². The summed E-state index contributed by atoms with van der Waals surface area (Å²) < 4.78 is 67.2. The summed E-state index contributed by atoms with van der Waals surface area (Å²) in [5, 5.41) is 43.4. The van der Waals surface area contributed by atoms with E-state index >= 15 is 13.2 Å². The van der Waals surface area contributed by atoms with Gasteiger partial charge in [-0.25, -0.2) is 13.2 Å². The molecule has 0 spiro atoms. The molecule has 1 saturated heterocycles. The van der Waals surface area contributed by atoms with E-state index in [1.807, 2.05) is 0 Å². The van der Waals surface area contributed by atoms with E-state index in [1.165, 1.54) is 38.2 Å². The lowest BCUT2D eigenvalue weighted by Gasteiger charge is -2.63. The van der Waals surface area contributed by atoms with Gasteiger partial charge in [0.25, 0.3) is 0 Å². The van der Waals surface area contributed by atoms with Crippen LogP contribution in [0.2, 0.25) is 0 Å². The van der Waals surface area contributed by atoms with Gasteiger partial charge in [-0.3, -0.25) is 24.0 Å². The highest BCUT2D eigenvalue weighted by atomic mass is 19.2. The molecule has 4 N–H and O–H groups in total. The van der Waals surface area contributed by atoms with Crippen molar-refractivity contribution in [3.63, 3.8) is 0 Å². The molecular weight excluding hydrogens is 826 g/mol. The Labute approximate surface area is 365 Å². The van der Waals surface area contributed by atoms with Gasteiger partial charge in [0.05, 0.1) is 18.3 Å². The molecule has 6 saturated carbocycles. The van der Waals surface area contributed by atoms with Gasteiger partial charge in [0.2, 0.25) is 5.78 Å². The van der Waals surface area contributed by atoms with Crippen molar-refractivity contribution in [2.24, 2.45) is 51.2 Å². The summed E-state index contributed by atoms with van der Waals surface area (Å²) in [6, 6.07) is 0. The Morgan fingerprint density at radius 2 is 1.38 bits per heavy atom. The quantitative estimate of drug-likeness (QED) is 0.275. The lowest BCUT2D eigenvalue weighted by molar-refractivity contribution is -0.249. The SMILES string of the molecule is CC(=O)OCC(=O)[C@@]12OC(C)(C)O[C@@H]1C[C@H]1[C@@H]3C[C@H](F)C4=CC(=O)C=C[C@]4(C)[C@@]3(F)[C@@H](O)C[C@@]12C.C[C@H]1C[C@H]2[C@@H]3CCC4=CC(=O)C=C[C@]4(C)[C@@]3(F)[C@@H](O)C[C@]2(C)[C@@]1(O)C(=O)CO. The summed E-state index contributed by atoms with van der Waals surface area (Å²) in [6.45, 7) is 11.8. The fourth-order valence-corrected chi connectivity index (χ4v) is 15.3. The van der Waals surface area contributed by atoms with E-state index in [-0.39, 0.29) is 43.0 Å². The lowest BCUT2D eigenvalue weighted by atomic mass is 9.44. The topological polar surface area (TPSA) is 194 Å². The summed E-state index contributed by atoms with van der Waals surface area (Å²) >= 11 is 0. The van der Waals surface area contributed by atoms with Gasteiger partial charge in [0.15, 0.2) is 46.7 Å². The van der Waals surface area contributed by atoms with Crippen molar-refractivity contribution in [2.45, 2.75) is 153 Å². The number of carbonyl (C=O) groups is 5. The Morgan fingerprint density at radius 1 is 0.810 bits per heavy atom. The molecule has 7 fully saturated rings. The first-order valence-electron chi connectivity index (χ1n) is 22.3. The molecule has 0 unspecified atom stereocenters. The minimum absolute atomic E-state index is 0.0406. The van der Waals surface area contributed by atoms with Crippen LogP contribution >= 0.6 is 0 Å². The number of halogens is 3. The van der Waals surface area contributed by atoms with E-state index < -0.39 is 135 Å². The molecule has 17 atom stereocenters. The third kappa shape index (κ3) is 5.71. The number of Topliss-reactive ketones (excluding diaryl/α,β-unsaturated/α-hetero) is 2. The van der Waals surface area contributed by atoms with E-state index in [0.29, 0.717) is 24.8 Å². The number of alkyl halides is 3. The molecule has 63 heavy (non-hydrogen) atoms. The Balaban J connectivity index is 0.000000177. The number of ether oxygens (including phenoxy) is 3. The maximum Gasteiger partial charge on any atom is 0.303 e. The zero-order chi connectivity index (χ0) is 46.5. The second-order valence-electron chi connectivity index (χ2n) is 21.4. The molecule has 1 aliphatic heterocycles. The van der Waals surface area contributed by atoms with Gasteiger partial charge in [0, 0.05) is 40.4 Å². The van der Waals surface area contributed by atoms with Crippen molar-refractivity contribution >= 4 is 29.1 Å². The molecule has 9 aliphatic rings. The van der Waals surface area contributed by atoms with Gasteiger partial charge in [-0.1, -0.05) is 38.5 Å². The Kier molecular flexibility index (Phi) is 10.5. The molecule has 0 radical (unpaired) electrons. The molecule has 0 aromatic rings. The second kappa shape index (κ2) is 14.3. The minimum Gasteiger partial charge on any atom is -0.458 e. The normalized spacial score (nSPS) is 50.8. The van der Waals surface area contributed by atoms with E-state index in [0.717, 1.165) is 6.08 Å². The first-order valence-corrected chi connectivity index (χ1v) is 22.3. The van der Waals surface area contributed by atoms with E-state index in [4.69, 9.17) is 14.2 Å². The average Bonchev–Trinajstić information content (AvgIpc) is 3.70. The van der Waals surface area contributed by atoms with Crippen molar-refractivity contribution in [3.05, 3.63) is 47.6 Å². The van der Waals surface area contributed by atoms with Crippen molar-refractivity contribution in [1.29, 1.82) is 0 Å². The van der Waals surface area contributed by atoms with Crippen molar-refractivity contribution < 1.29 is 71.8 Å². The van der Waals surface area contributed by atoms with Crippen LogP contribution in [-0.4, -0.2) is 116 Å². The number of hydrogen-bond donors (Lipinski definition) is 4. The van der Waals surface area contributed by atoms with Crippen LogP contribution in [0.3, 0.4) is 0 Å². The molecule has 8 aliphatic carbocycles. The lowest BCUT2D eigenvalue weighted by Crippen LogP contribution is -2.71. The first kappa shape index (κ1) is 46.2. The molecule has 1 heterocycles. The number of aliphatic hydroxyl groups is 4. The highest BCUT2D eigenvalue weighted by Crippen LogP contribution is 2.73. The van der Waals surface area contributed by atoms with Gasteiger partial charge < -0.3 is 34.6 Å². The van der Waals surface area contributed by atoms with Crippen molar-refractivity contribution in [1.82, 2.24) is 0 Å². The first-order chi connectivity index (χ1) is 29.1. The third-order valence-electron chi connectivity index (χ3n) is 18.2. The maximum absolute atomic E-state index is 17.3. The monoisotopic (exact) mass is 886 g/mol. The number of esters is 1. The second-order valence-corrected chi connectivity index (χ2v) is 21.4. The van der Waals surface area contributed by atoms with Crippen LogP contribution in [-0.2, 0) is 38.2 Å². The average molecular weight is 887 g/mol. The number of aliphatic hydroxyl groups excluding tert-OH is 3. The van der Waals surface area contributed by atoms with Crippen LogP contribution in [0.25, 0.3) is 0 Å². The molecule has 9 rings (SSSR count). The van der Waals surface area contributed by atoms with Gasteiger partial charge in [-0.2, -0.15) is 0 Å². The molecule has 0 aromatic carbocycles. The van der Waals surface area contributed by atoms with Crippen LogP contribution in [0.5, 0.6) is 0 Å². The zero-order valence-corrected chi connectivity index (χ0v) is 37.2. The van der Waals surface area contributed by atoms with Crippen molar-refractivity contribution in [3.8, 4) is 0 Å². The van der Waals surface area contributed by atoms with Crippen LogP contribution in [0.4, 0.5) is 13.2 Å². The molecule has 12 nitrogen and oxygen atoms in total. The van der Waals surface area contributed by atoms with Crippen LogP contribution in [0, 0.1) is 51.2 Å². The largest absolute Gasteiger partial charge is 0.458 e. The zero-order valence-electron chi connectivity index (χ0n) is 37.2. The summed E-state index contributed by atoms with van der Waals surface area (Å²) in [7, 11) is 0. The van der Waals surface area contributed by atoms with E-state index in [2.05, 4.69) is 0 Å². The van der Waals surface area contributed by atoms with Gasteiger partial charge in [-0.15, -0.1) is 0 Å². The van der Waals surface area contributed by atoms with Gasteiger partial charge in [-0.05, 0) is 120 Å². The highest BCUT2D eigenvalue weighted by Gasteiger charge is 2.81. The van der Waals surface area contributed by atoms with Crippen LogP contribution in [0.1, 0.15) is 100 Å². The number of allylic oxidation sites excluding steroid dienone is 8. The maximum atomic E-state index is 17.3. The standard InChI is InChI=1S/C26H32F2O7.C22H29FO5/c1-13(29)33-12-20(32)26-21(34-22(2,3)35-26)10-15-16-9-18(27)17-8-14(30)6-7-23(17,4)25(16,28)19(31)11-24(15,26)5;1-12-8-16-15-5-4-13-9-14(25)6-7-19(13,2)21(15,23)17(26)10-20(16,3)22(12,28)18(27)11-24/h6-8,15-16,18-19,21,31H,9-12H2,1-5H3;6-7,9,12,15-17,24,26,28H,4-5,8,10-11H2,1-3H3/t15-,16-,18-,19-,21+,23-,24-,25-,26+;12-,15-,16-,17-,19-,20-,21-,22-/m00/s1. The third-order valence-corrected chi connectivity index (χ3v) is 18.2. The number of hydrogen-bond acceptors (Lipinski definition) is 12. The molecular formula is C48H61F3O12. The van der Waals surface area contributed by atoms with E-state index in [9.17, 15) is 44.4 Å². The van der Waals surface area contributed by atoms with Crippen LogP contribution in [0.15, 0.2) is 47.6 Å². The summed E-state index contributed by atoms with van der Waals surface area (Å²) in [6.07, 6.45) is 4.09. The highest BCUT2D eigenvalue weighted by molar-refractivity contribution is 6.02. The van der Waals surface area contributed by atoms with Gasteiger partial charge in [0.1, 0.15) is 18.4 Å². The molecule has 0 aromatic heterocycles. The smallest absolute Gasteiger partial charge is 0.303 e. The molecule has 0 amide bonds. The van der Waals surface area contributed by atoms with Gasteiger partial charge >= 0.3 is 5.97 Å². The minimum atomic E-state index is -2.27. The van der Waals surface area contributed by atoms with E-state index in [1.54, 1.807) is 47.6 Å². The predicted octanol–water partition coefficient (Wildman–Crippen LogP) is 4.83. The fourth-order valence-electron chi connectivity index (χ4n) is 15.3.